The minimum Gasteiger partial charge on any atom is -0.493 e. The molecule has 1 heterocycles. The van der Waals surface area contributed by atoms with E-state index in [1.807, 2.05) is 50.2 Å². The average Bonchev–Trinajstić information content (AvgIpc) is 2.65. The molecule has 6 heteroatoms. The third-order valence-corrected chi connectivity index (χ3v) is 4.70. The van der Waals surface area contributed by atoms with E-state index in [-0.39, 0.29) is 16.9 Å². The Morgan fingerprint density at radius 3 is 2.66 bits per heavy atom. The highest BCUT2D eigenvalue weighted by Crippen LogP contribution is 2.20. The second kappa shape index (κ2) is 8.49. The fraction of sp³-hybridized carbons (Fsp3) is 0.348. The fourth-order valence-corrected chi connectivity index (χ4v) is 3.12. The number of hydrogen-bond donors (Lipinski definition) is 0. The molecule has 0 aliphatic rings. The molecule has 29 heavy (non-hydrogen) atoms. The number of halogens is 1. The van der Waals surface area contributed by atoms with Gasteiger partial charge in [0.05, 0.1) is 23.7 Å². The smallest absolute Gasteiger partial charge is 0.282 e. The van der Waals surface area contributed by atoms with Crippen molar-refractivity contribution in [3.63, 3.8) is 0 Å². The van der Waals surface area contributed by atoms with Gasteiger partial charge in [0.15, 0.2) is 0 Å². The van der Waals surface area contributed by atoms with Crippen LogP contribution in [0, 0.1) is 5.41 Å². The molecule has 0 N–H and O–H groups in total. The molecule has 0 aliphatic heterocycles. The van der Waals surface area contributed by atoms with E-state index in [1.54, 1.807) is 12.3 Å². The van der Waals surface area contributed by atoms with Crippen molar-refractivity contribution in [1.29, 1.82) is 0 Å². The van der Waals surface area contributed by atoms with Crippen LogP contribution in [0.4, 0.5) is 0 Å². The lowest BCUT2D eigenvalue weighted by atomic mass is 9.99. The molecule has 2 aromatic carbocycles. The number of fused-ring (bicyclic) bond motifs is 1. The lowest BCUT2D eigenvalue weighted by molar-refractivity contribution is 0.198. The third kappa shape index (κ3) is 5.32. The number of aromatic nitrogens is 2. The SMILES string of the molecule is CC(C)c1nc2ccc(Br)cc2c(=O)n1N=Cc1cccc(OCC(C)(C)C)c1. The molecular weight excluding hydrogens is 430 g/mol. The minimum absolute atomic E-state index is 0.0503. The molecule has 3 aromatic rings. The maximum atomic E-state index is 13.1. The van der Waals surface area contributed by atoms with Crippen LogP contribution in [-0.4, -0.2) is 22.5 Å². The Morgan fingerprint density at radius 2 is 1.97 bits per heavy atom. The first kappa shape index (κ1) is 21.2. The van der Waals surface area contributed by atoms with Gasteiger partial charge in [0.25, 0.3) is 5.56 Å². The van der Waals surface area contributed by atoms with Crippen LogP contribution in [0.2, 0.25) is 0 Å². The predicted octanol–water partition coefficient (Wildman–Crippen LogP) is 5.59. The van der Waals surface area contributed by atoms with Gasteiger partial charge in [0.1, 0.15) is 11.6 Å². The number of benzene rings is 2. The Balaban J connectivity index is 1.99. The third-order valence-electron chi connectivity index (χ3n) is 4.20. The zero-order chi connectivity index (χ0) is 21.2. The molecule has 0 aliphatic carbocycles. The summed E-state index contributed by atoms with van der Waals surface area (Å²) < 4.78 is 8.10. The maximum absolute atomic E-state index is 13.1. The van der Waals surface area contributed by atoms with Crippen LogP contribution >= 0.6 is 15.9 Å². The van der Waals surface area contributed by atoms with E-state index in [2.05, 4.69) is 46.8 Å². The van der Waals surface area contributed by atoms with Crippen LogP contribution in [0.5, 0.6) is 5.75 Å². The Bertz CT molecular complexity index is 1110. The van der Waals surface area contributed by atoms with Gasteiger partial charge in [-0.25, -0.2) is 4.98 Å². The Kier molecular flexibility index (Phi) is 6.22. The molecule has 0 spiro atoms. The van der Waals surface area contributed by atoms with Gasteiger partial charge in [-0.2, -0.15) is 9.78 Å². The molecule has 152 valence electrons. The van der Waals surface area contributed by atoms with Gasteiger partial charge >= 0.3 is 0 Å². The summed E-state index contributed by atoms with van der Waals surface area (Å²) in [5.74, 6) is 1.46. The van der Waals surface area contributed by atoms with E-state index in [9.17, 15) is 4.79 Å². The van der Waals surface area contributed by atoms with Crippen molar-refractivity contribution in [2.75, 3.05) is 6.61 Å². The molecule has 0 bridgehead atoms. The molecule has 0 unspecified atom stereocenters. The molecule has 0 amide bonds. The van der Waals surface area contributed by atoms with Crippen molar-refractivity contribution in [3.8, 4) is 5.75 Å². The summed E-state index contributed by atoms with van der Waals surface area (Å²) in [6.07, 6.45) is 1.67. The molecule has 0 atom stereocenters. The van der Waals surface area contributed by atoms with Crippen LogP contribution in [0.15, 0.2) is 56.8 Å². The largest absolute Gasteiger partial charge is 0.493 e. The first-order valence-corrected chi connectivity index (χ1v) is 10.4. The van der Waals surface area contributed by atoms with Crippen LogP contribution in [0.25, 0.3) is 10.9 Å². The summed E-state index contributed by atoms with van der Waals surface area (Å²) in [7, 11) is 0. The summed E-state index contributed by atoms with van der Waals surface area (Å²) in [5, 5.41) is 5.00. The van der Waals surface area contributed by atoms with Gasteiger partial charge < -0.3 is 4.74 Å². The first-order valence-electron chi connectivity index (χ1n) is 9.63. The highest BCUT2D eigenvalue weighted by atomic mass is 79.9. The second-order valence-electron chi connectivity index (χ2n) is 8.57. The van der Waals surface area contributed by atoms with Gasteiger partial charge in [-0.15, -0.1) is 0 Å². The predicted molar refractivity (Wildman–Crippen MR) is 122 cm³/mol. The van der Waals surface area contributed by atoms with E-state index >= 15 is 0 Å². The van der Waals surface area contributed by atoms with Crippen molar-refractivity contribution in [2.24, 2.45) is 10.5 Å². The zero-order valence-electron chi connectivity index (χ0n) is 17.4. The summed E-state index contributed by atoms with van der Waals surface area (Å²) in [4.78, 5) is 17.7. The molecule has 3 rings (SSSR count). The highest BCUT2D eigenvalue weighted by Gasteiger charge is 2.14. The van der Waals surface area contributed by atoms with Gasteiger partial charge in [-0.05, 0) is 41.3 Å². The molecule has 1 aromatic heterocycles. The van der Waals surface area contributed by atoms with Crippen LogP contribution in [-0.2, 0) is 0 Å². The number of nitrogens with zero attached hydrogens (tertiary/aromatic N) is 3. The van der Waals surface area contributed by atoms with Crippen LogP contribution < -0.4 is 10.3 Å². The van der Waals surface area contributed by atoms with Crippen molar-refractivity contribution in [2.45, 2.75) is 40.5 Å². The molecule has 0 radical (unpaired) electrons. The number of hydrogen-bond acceptors (Lipinski definition) is 4. The first-order chi connectivity index (χ1) is 13.6. The van der Waals surface area contributed by atoms with E-state index in [0.29, 0.717) is 23.3 Å². The summed E-state index contributed by atoms with van der Waals surface area (Å²) in [5.41, 5.74) is 1.42. The lowest BCUT2D eigenvalue weighted by Gasteiger charge is -2.18. The Labute approximate surface area is 179 Å². The van der Waals surface area contributed by atoms with Crippen molar-refractivity contribution in [1.82, 2.24) is 9.66 Å². The summed E-state index contributed by atoms with van der Waals surface area (Å²) in [6, 6.07) is 13.2. The van der Waals surface area contributed by atoms with Gasteiger partial charge in [0, 0.05) is 10.4 Å². The van der Waals surface area contributed by atoms with E-state index in [0.717, 1.165) is 15.8 Å². The van der Waals surface area contributed by atoms with E-state index in [1.165, 1.54) is 4.68 Å². The summed E-state index contributed by atoms with van der Waals surface area (Å²) in [6.45, 7) is 11.0. The van der Waals surface area contributed by atoms with Crippen LogP contribution in [0.3, 0.4) is 0 Å². The average molecular weight is 456 g/mol. The fourth-order valence-electron chi connectivity index (χ4n) is 2.76. The quantitative estimate of drug-likeness (QED) is 0.471. The summed E-state index contributed by atoms with van der Waals surface area (Å²) >= 11 is 3.42. The van der Waals surface area contributed by atoms with Gasteiger partial charge in [-0.1, -0.05) is 62.7 Å². The maximum Gasteiger partial charge on any atom is 0.282 e. The minimum atomic E-state index is -0.184. The van der Waals surface area contributed by atoms with Crippen molar-refractivity contribution < 1.29 is 4.74 Å². The van der Waals surface area contributed by atoms with Crippen molar-refractivity contribution in [3.05, 3.63) is 68.7 Å². The number of ether oxygens (including phenoxy) is 1. The lowest BCUT2D eigenvalue weighted by Crippen LogP contribution is -2.23. The van der Waals surface area contributed by atoms with Crippen molar-refractivity contribution >= 4 is 33.0 Å². The van der Waals surface area contributed by atoms with E-state index < -0.39 is 0 Å². The monoisotopic (exact) mass is 455 g/mol. The molecular formula is C23H26BrN3O2. The number of rotatable bonds is 5. The van der Waals surface area contributed by atoms with E-state index in [4.69, 9.17) is 4.74 Å². The second-order valence-corrected chi connectivity index (χ2v) is 9.49. The Hall–Kier alpha value is -2.47. The van der Waals surface area contributed by atoms with Gasteiger partial charge in [-0.3, -0.25) is 4.79 Å². The Morgan fingerprint density at radius 1 is 1.21 bits per heavy atom. The topological polar surface area (TPSA) is 56.5 Å². The normalized spacial score (nSPS) is 12.2. The van der Waals surface area contributed by atoms with Crippen LogP contribution in [0.1, 0.15) is 51.9 Å². The molecule has 0 saturated heterocycles. The highest BCUT2D eigenvalue weighted by molar-refractivity contribution is 9.10. The molecule has 0 fully saturated rings. The van der Waals surface area contributed by atoms with Gasteiger partial charge in [0.2, 0.25) is 0 Å². The zero-order valence-corrected chi connectivity index (χ0v) is 19.0. The molecule has 5 nitrogen and oxygen atoms in total. The standard InChI is InChI=1S/C23H26BrN3O2/c1-15(2)21-26-20-10-9-17(24)12-19(20)22(28)27(21)25-13-16-7-6-8-18(11-16)29-14-23(3,4)5/h6-13,15H,14H2,1-5H3. The molecule has 0 saturated carbocycles.